The van der Waals surface area contributed by atoms with Crippen LogP contribution in [0.2, 0.25) is 0 Å². The van der Waals surface area contributed by atoms with E-state index in [9.17, 15) is 14.4 Å². The van der Waals surface area contributed by atoms with Crippen molar-refractivity contribution in [2.45, 2.75) is 20.0 Å². The number of amides is 3. The monoisotopic (exact) mass is 516 g/mol. The minimum absolute atomic E-state index is 0.198. The summed E-state index contributed by atoms with van der Waals surface area (Å²) in [6.45, 7) is 3.59. The Hall–Kier alpha value is -5.04. The number of rotatable bonds is 6. The Kier molecular flexibility index (Phi) is 7.32. The van der Waals surface area contributed by atoms with Gasteiger partial charge in [0.05, 0.1) is 17.9 Å². The van der Waals surface area contributed by atoms with Gasteiger partial charge in [0.1, 0.15) is 0 Å². The van der Waals surface area contributed by atoms with Crippen LogP contribution in [-0.4, -0.2) is 36.1 Å². The first-order valence-electron chi connectivity index (χ1n) is 12.7. The van der Waals surface area contributed by atoms with Crippen molar-refractivity contribution in [1.29, 1.82) is 0 Å². The van der Waals surface area contributed by atoms with E-state index in [0.717, 1.165) is 16.7 Å². The van der Waals surface area contributed by atoms with Crippen LogP contribution in [0.25, 0.3) is 0 Å². The van der Waals surface area contributed by atoms with E-state index in [1.165, 1.54) is 4.90 Å². The Morgan fingerprint density at radius 2 is 1.56 bits per heavy atom. The summed E-state index contributed by atoms with van der Waals surface area (Å²) in [5, 5.41) is 5.50. The zero-order valence-electron chi connectivity index (χ0n) is 21.7. The number of benzene rings is 4. The van der Waals surface area contributed by atoms with Crippen LogP contribution in [0.4, 0.5) is 16.2 Å². The van der Waals surface area contributed by atoms with Gasteiger partial charge in [-0.1, -0.05) is 84.9 Å². The maximum absolute atomic E-state index is 14.0. The average Bonchev–Trinajstić information content (AvgIpc) is 3.04. The van der Waals surface area contributed by atoms with Crippen molar-refractivity contribution < 1.29 is 14.4 Å². The van der Waals surface area contributed by atoms with Gasteiger partial charge in [-0.2, -0.15) is 0 Å². The third kappa shape index (κ3) is 5.62. The molecule has 7 heteroatoms. The van der Waals surface area contributed by atoms with Crippen LogP contribution in [0.1, 0.15) is 32.6 Å². The van der Waals surface area contributed by atoms with Crippen LogP contribution >= 0.6 is 0 Å². The van der Waals surface area contributed by atoms with Crippen molar-refractivity contribution >= 4 is 34.8 Å². The predicted molar refractivity (Wildman–Crippen MR) is 154 cm³/mol. The number of benzodiazepines with no additional fused rings is 1. The summed E-state index contributed by atoms with van der Waals surface area (Å²) in [7, 11) is 0. The third-order valence-electron chi connectivity index (χ3n) is 6.55. The van der Waals surface area contributed by atoms with Gasteiger partial charge in [0, 0.05) is 22.4 Å². The fourth-order valence-corrected chi connectivity index (χ4v) is 4.64. The van der Waals surface area contributed by atoms with Gasteiger partial charge in [0.15, 0.2) is 5.78 Å². The number of hydrogen-bond acceptors (Lipinski definition) is 4. The number of fused-ring (bicyclic) bond motifs is 1. The van der Waals surface area contributed by atoms with Crippen molar-refractivity contribution in [3.05, 3.63) is 131 Å². The molecule has 0 spiro atoms. The van der Waals surface area contributed by atoms with E-state index in [0.29, 0.717) is 28.2 Å². The zero-order chi connectivity index (χ0) is 27.4. The Labute approximate surface area is 227 Å². The molecule has 1 atom stereocenters. The molecule has 1 heterocycles. The molecule has 0 saturated carbocycles. The Morgan fingerprint density at radius 1 is 0.846 bits per heavy atom. The normalized spacial score (nSPS) is 14.6. The van der Waals surface area contributed by atoms with Crippen molar-refractivity contribution in [2.24, 2.45) is 4.99 Å². The van der Waals surface area contributed by atoms with Crippen molar-refractivity contribution in [3.8, 4) is 0 Å². The van der Waals surface area contributed by atoms with Crippen LogP contribution in [-0.2, 0) is 4.79 Å². The molecule has 5 rings (SSSR count). The SMILES string of the molecule is Cc1cccc(NC(=O)NC2N=C(c3ccccc3)c3ccccc3N(CC(=O)c3ccccc3C)C2=O)c1. The summed E-state index contributed by atoms with van der Waals surface area (Å²) in [6, 6.07) is 30.9. The maximum Gasteiger partial charge on any atom is 0.321 e. The molecule has 0 bridgehead atoms. The topological polar surface area (TPSA) is 90.9 Å². The number of urea groups is 1. The lowest BCUT2D eigenvalue weighted by molar-refractivity contribution is -0.120. The molecular weight excluding hydrogens is 488 g/mol. The molecule has 7 nitrogen and oxygen atoms in total. The second-order valence-corrected chi connectivity index (χ2v) is 9.39. The first kappa shape index (κ1) is 25.6. The summed E-state index contributed by atoms with van der Waals surface area (Å²) < 4.78 is 0. The highest BCUT2D eigenvalue weighted by Gasteiger charge is 2.34. The van der Waals surface area contributed by atoms with Gasteiger partial charge in [0.2, 0.25) is 6.17 Å². The largest absolute Gasteiger partial charge is 0.321 e. The maximum atomic E-state index is 14.0. The molecule has 39 heavy (non-hydrogen) atoms. The smallest absolute Gasteiger partial charge is 0.308 e. The molecule has 0 saturated heterocycles. The van der Waals surface area contributed by atoms with Gasteiger partial charge >= 0.3 is 6.03 Å². The van der Waals surface area contributed by atoms with Gasteiger partial charge in [-0.25, -0.2) is 9.79 Å². The first-order chi connectivity index (χ1) is 18.9. The highest BCUT2D eigenvalue weighted by Crippen LogP contribution is 2.29. The van der Waals surface area contributed by atoms with Gasteiger partial charge in [-0.05, 0) is 43.2 Å². The number of aryl methyl sites for hydroxylation is 2. The molecule has 0 fully saturated rings. The number of ketones is 1. The van der Waals surface area contributed by atoms with E-state index in [4.69, 9.17) is 4.99 Å². The molecule has 1 aliphatic rings. The van der Waals surface area contributed by atoms with E-state index in [-0.39, 0.29) is 12.3 Å². The summed E-state index contributed by atoms with van der Waals surface area (Å²) in [4.78, 5) is 46.6. The number of hydrogen-bond donors (Lipinski definition) is 2. The quantitative estimate of drug-likeness (QED) is 0.331. The lowest BCUT2D eigenvalue weighted by Crippen LogP contribution is -2.50. The Balaban J connectivity index is 1.54. The summed E-state index contributed by atoms with van der Waals surface area (Å²) in [5.41, 5.74) is 5.52. The van der Waals surface area contributed by atoms with Crippen LogP contribution < -0.4 is 15.5 Å². The minimum Gasteiger partial charge on any atom is -0.308 e. The molecule has 1 aliphatic heterocycles. The molecule has 0 radical (unpaired) electrons. The average molecular weight is 517 g/mol. The first-order valence-corrected chi connectivity index (χ1v) is 12.7. The third-order valence-corrected chi connectivity index (χ3v) is 6.55. The Morgan fingerprint density at radius 3 is 2.33 bits per heavy atom. The minimum atomic E-state index is -1.26. The Bertz CT molecular complexity index is 1580. The summed E-state index contributed by atoms with van der Waals surface area (Å²) in [6.07, 6.45) is -1.26. The number of carbonyl (C=O) groups is 3. The highest BCUT2D eigenvalue weighted by atomic mass is 16.2. The van der Waals surface area contributed by atoms with E-state index in [1.807, 2.05) is 92.7 Å². The molecule has 2 N–H and O–H groups in total. The van der Waals surface area contributed by atoms with E-state index < -0.39 is 18.1 Å². The van der Waals surface area contributed by atoms with Crippen molar-refractivity contribution in [3.63, 3.8) is 0 Å². The number of nitrogens with one attached hydrogen (secondary N) is 2. The molecule has 1 unspecified atom stereocenters. The number of Topliss-reactive ketones (excluding diaryl/α,β-unsaturated/α-hetero) is 1. The van der Waals surface area contributed by atoms with Crippen LogP contribution in [0.3, 0.4) is 0 Å². The number of nitrogens with zero attached hydrogens (tertiary/aromatic N) is 2. The number of para-hydroxylation sites is 1. The highest BCUT2D eigenvalue weighted by molar-refractivity contribution is 6.21. The van der Waals surface area contributed by atoms with Crippen molar-refractivity contribution in [1.82, 2.24) is 5.32 Å². The number of aliphatic imine (C=N–C) groups is 1. The summed E-state index contributed by atoms with van der Waals surface area (Å²) in [5.74, 6) is -0.711. The molecule has 0 aromatic heterocycles. The van der Waals surface area contributed by atoms with Crippen LogP contribution in [0, 0.1) is 13.8 Å². The zero-order valence-corrected chi connectivity index (χ0v) is 21.7. The predicted octanol–water partition coefficient (Wildman–Crippen LogP) is 5.52. The fourth-order valence-electron chi connectivity index (χ4n) is 4.64. The second-order valence-electron chi connectivity index (χ2n) is 9.39. The van der Waals surface area contributed by atoms with Gasteiger partial charge in [-0.3, -0.25) is 9.59 Å². The molecule has 0 aliphatic carbocycles. The molecule has 194 valence electrons. The van der Waals surface area contributed by atoms with E-state index >= 15 is 0 Å². The molecular formula is C32H28N4O3. The number of carbonyl (C=O) groups excluding carboxylic acids is 3. The lowest BCUT2D eigenvalue weighted by atomic mass is 9.99. The molecule has 3 amide bonds. The summed E-state index contributed by atoms with van der Waals surface area (Å²) >= 11 is 0. The van der Waals surface area contributed by atoms with Crippen LogP contribution in [0.5, 0.6) is 0 Å². The fraction of sp³-hybridized carbons (Fsp3) is 0.125. The van der Waals surface area contributed by atoms with Gasteiger partial charge < -0.3 is 15.5 Å². The van der Waals surface area contributed by atoms with Crippen LogP contribution in [0.15, 0.2) is 108 Å². The molecule has 4 aromatic rings. The van der Waals surface area contributed by atoms with Gasteiger partial charge in [-0.15, -0.1) is 0 Å². The van der Waals surface area contributed by atoms with Crippen molar-refractivity contribution in [2.75, 3.05) is 16.8 Å². The lowest BCUT2D eigenvalue weighted by Gasteiger charge is -2.25. The van der Waals surface area contributed by atoms with E-state index in [1.54, 1.807) is 24.3 Å². The van der Waals surface area contributed by atoms with Gasteiger partial charge in [0.25, 0.3) is 5.91 Å². The standard InChI is InChI=1S/C32H28N4O3/c1-21-11-10-15-24(19-21)33-32(39)35-30-31(38)36(20-28(37)25-16-7-6-12-22(25)2)27-18-9-8-17-26(27)29(34-30)23-13-4-3-5-14-23/h3-19,30H,20H2,1-2H3,(H2,33,35,39). The molecule has 4 aromatic carbocycles. The van der Waals surface area contributed by atoms with E-state index in [2.05, 4.69) is 10.6 Å². The second kappa shape index (κ2) is 11.1. The number of anilines is 2.